The standard InChI is InChI=1S/C10H18N2O3/c1-4-7(2)8(13)5-12-9(14)6-11(3)10(12)15/h7-8,13H,4-6H2,1-3H3. The lowest BCUT2D eigenvalue weighted by atomic mass is 10.0. The molecule has 0 bridgehead atoms. The fourth-order valence-electron chi connectivity index (χ4n) is 1.49. The van der Waals surface area contributed by atoms with Crippen molar-refractivity contribution in [2.24, 2.45) is 5.92 Å². The van der Waals surface area contributed by atoms with E-state index in [1.807, 2.05) is 13.8 Å². The number of hydrogen-bond donors (Lipinski definition) is 1. The number of nitrogens with zero attached hydrogens (tertiary/aromatic N) is 2. The molecule has 1 rings (SSSR count). The minimum atomic E-state index is -0.630. The summed E-state index contributed by atoms with van der Waals surface area (Å²) < 4.78 is 0. The van der Waals surface area contributed by atoms with Gasteiger partial charge in [0.1, 0.15) is 6.54 Å². The second kappa shape index (κ2) is 4.61. The zero-order valence-corrected chi connectivity index (χ0v) is 9.43. The van der Waals surface area contributed by atoms with Crippen LogP contribution in [0.25, 0.3) is 0 Å². The summed E-state index contributed by atoms with van der Waals surface area (Å²) in [5.74, 6) is -0.138. The molecule has 1 aliphatic rings. The molecule has 0 aliphatic carbocycles. The Morgan fingerprint density at radius 3 is 2.47 bits per heavy atom. The summed E-state index contributed by atoms with van der Waals surface area (Å²) in [7, 11) is 1.58. The molecular formula is C10H18N2O3. The molecule has 5 nitrogen and oxygen atoms in total. The van der Waals surface area contributed by atoms with Crippen molar-refractivity contribution in [2.75, 3.05) is 20.1 Å². The van der Waals surface area contributed by atoms with Gasteiger partial charge in [0.15, 0.2) is 0 Å². The first-order valence-corrected chi connectivity index (χ1v) is 5.20. The fraction of sp³-hybridized carbons (Fsp3) is 0.800. The Morgan fingerprint density at radius 2 is 2.07 bits per heavy atom. The van der Waals surface area contributed by atoms with Crippen molar-refractivity contribution in [3.8, 4) is 0 Å². The SMILES string of the molecule is CCC(C)C(O)CN1C(=O)CN(C)C1=O. The number of aliphatic hydroxyl groups is 1. The molecule has 1 N–H and O–H groups in total. The average molecular weight is 214 g/mol. The normalized spacial score (nSPS) is 21.1. The van der Waals surface area contributed by atoms with Crippen molar-refractivity contribution >= 4 is 11.9 Å². The highest BCUT2D eigenvalue weighted by molar-refractivity contribution is 6.01. The van der Waals surface area contributed by atoms with Crippen molar-refractivity contribution in [3.05, 3.63) is 0 Å². The van der Waals surface area contributed by atoms with E-state index in [0.29, 0.717) is 0 Å². The Morgan fingerprint density at radius 1 is 1.47 bits per heavy atom. The van der Waals surface area contributed by atoms with Gasteiger partial charge in [-0.15, -0.1) is 0 Å². The quantitative estimate of drug-likeness (QED) is 0.684. The van der Waals surface area contributed by atoms with Crippen LogP contribution in [0.5, 0.6) is 0 Å². The number of carbonyl (C=O) groups excluding carboxylic acids is 2. The van der Waals surface area contributed by atoms with Gasteiger partial charge in [-0.25, -0.2) is 4.79 Å². The molecular weight excluding hydrogens is 196 g/mol. The predicted molar refractivity (Wildman–Crippen MR) is 55.2 cm³/mol. The van der Waals surface area contributed by atoms with Gasteiger partial charge in [-0.1, -0.05) is 20.3 Å². The molecule has 0 saturated carbocycles. The lowest BCUT2D eigenvalue weighted by molar-refractivity contribution is -0.126. The second-order valence-electron chi connectivity index (χ2n) is 4.10. The fourth-order valence-corrected chi connectivity index (χ4v) is 1.49. The number of likely N-dealkylation sites (N-methyl/N-ethyl adjacent to an activating group) is 1. The van der Waals surface area contributed by atoms with Gasteiger partial charge in [0, 0.05) is 7.05 Å². The maximum atomic E-state index is 11.5. The first-order chi connectivity index (χ1) is 6.97. The maximum Gasteiger partial charge on any atom is 0.327 e. The predicted octanol–water partition coefficient (Wildman–Crippen LogP) is 0.287. The molecule has 15 heavy (non-hydrogen) atoms. The highest BCUT2D eigenvalue weighted by Gasteiger charge is 2.35. The third kappa shape index (κ3) is 2.47. The number of amides is 3. The summed E-state index contributed by atoms with van der Waals surface area (Å²) in [4.78, 5) is 25.4. The summed E-state index contributed by atoms with van der Waals surface area (Å²) >= 11 is 0. The van der Waals surface area contributed by atoms with Crippen LogP contribution in [0.4, 0.5) is 4.79 Å². The van der Waals surface area contributed by atoms with Gasteiger partial charge in [0.05, 0.1) is 12.6 Å². The zero-order valence-electron chi connectivity index (χ0n) is 9.43. The number of imide groups is 1. The van der Waals surface area contributed by atoms with Crippen LogP contribution in [0.2, 0.25) is 0 Å². The number of aliphatic hydroxyl groups excluding tert-OH is 1. The van der Waals surface area contributed by atoms with Crippen LogP contribution in [0, 0.1) is 5.92 Å². The van der Waals surface area contributed by atoms with Gasteiger partial charge >= 0.3 is 6.03 Å². The number of rotatable bonds is 4. The molecule has 86 valence electrons. The molecule has 3 amide bonds. The van der Waals surface area contributed by atoms with Crippen LogP contribution in [0.15, 0.2) is 0 Å². The molecule has 1 aliphatic heterocycles. The van der Waals surface area contributed by atoms with Crippen LogP contribution in [0.3, 0.4) is 0 Å². The monoisotopic (exact) mass is 214 g/mol. The molecule has 0 aromatic heterocycles. The average Bonchev–Trinajstić information content (AvgIpc) is 2.43. The van der Waals surface area contributed by atoms with E-state index in [1.54, 1.807) is 7.05 Å². The van der Waals surface area contributed by atoms with E-state index in [2.05, 4.69) is 0 Å². The minimum Gasteiger partial charge on any atom is -0.391 e. The van der Waals surface area contributed by atoms with Crippen molar-refractivity contribution < 1.29 is 14.7 Å². The van der Waals surface area contributed by atoms with Crippen molar-refractivity contribution in [1.29, 1.82) is 0 Å². The van der Waals surface area contributed by atoms with Crippen LogP contribution < -0.4 is 0 Å². The highest BCUT2D eigenvalue weighted by Crippen LogP contribution is 2.13. The Bertz CT molecular complexity index is 267. The first-order valence-electron chi connectivity index (χ1n) is 5.20. The van der Waals surface area contributed by atoms with Crippen LogP contribution >= 0.6 is 0 Å². The molecule has 2 unspecified atom stereocenters. The molecule has 0 radical (unpaired) electrons. The molecule has 0 aromatic carbocycles. The Kier molecular flexibility index (Phi) is 3.68. The molecule has 0 spiro atoms. The van der Waals surface area contributed by atoms with Gasteiger partial charge in [0.25, 0.3) is 0 Å². The zero-order chi connectivity index (χ0) is 11.6. The van der Waals surface area contributed by atoms with E-state index in [-0.39, 0.29) is 30.9 Å². The van der Waals surface area contributed by atoms with Crippen LogP contribution in [-0.2, 0) is 4.79 Å². The third-order valence-electron chi connectivity index (χ3n) is 2.90. The minimum absolute atomic E-state index is 0.0940. The van der Waals surface area contributed by atoms with E-state index >= 15 is 0 Å². The maximum absolute atomic E-state index is 11.5. The van der Waals surface area contributed by atoms with Gasteiger partial charge in [-0.05, 0) is 5.92 Å². The van der Waals surface area contributed by atoms with E-state index < -0.39 is 6.10 Å². The van der Waals surface area contributed by atoms with Crippen LogP contribution in [-0.4, -0.2) is 53.1 Å². The number of urea groups is 1. The molecule has 2 atom stereocenters. The smallest absolute Gasteiger partial charge is 0.327 e. The summed E-state index contributed by atoms with van der Waals surface area (Å²) in [6.45, 7) is 4.09. The molecule has 1 heterocycles. The Hall–Kier alpha value is -1.10. The van der Waals surface area contributed by atoms with E-state index in [4.69, 9.17) is 0 Å². The van der Waals surface area contributed by atoms with Crippen molar-refractivity contribution in [3.63, 3.8) is 0 Å². The third-order valence-corrected chi connectivity index (χ3v) is 2.90. The largest absolute Gasteiger partial charge is 0.391 e. The van der Waals surface area contributed by atoms with Gasteiger partial charge in [-0.2, -0.15) is 0 Å². The molecule has 1 fully saturated rings. The highest BCUT2D eigenvalue weighted by atomic mass is 16.3. The molecule has 5 heteroatoms. The summed E-state index contributed by atoms with van der Waals surface area (Å²) in [6.07, 6.45) is 0.196. The van der Waals surface area contributed by atoms with Crippen molar-refractivity contribution in [1.82, 2.24) is 9.80 Å². The van der Waals surface area contributed by atoms with E-state index in [1.165, 1.54) is 4.90 Å². The molecule has 0 aromatic rings. The Balaban J connectivity index is 2.58. The lowest BCUT2D eigenvalue weighted by Gasteiger charge is -2.22. The summed E-state index contributed by atoms with van der Waals surface area (Å²) in [5, 5.41) is 9.74. The van der Waals surface area contributed by atoms with Crippen LogP contribution in [0.1, 0.15) is 20.3 Å². The Labute approximate surface area is 89.7 Å². The second-order valence-corrected chi connectivity index (χ2v) is 4.10. The number of hydrogen-bond acceptors (Lipinski definition) is 3. The summed E-state index contributed by atoms with van der Waals surface area (Å²) in [6, 6.07) is -0.317. The topological polar surface area (TPSA) is 60.9 Å². The molecule has 1 saturated heterocycles. The van der Waals surface area contributed by atoms with Gasteiger partial charge < -0.3 is 10.0 Å². The van der Waals surface area contributed by atoms with Crippen molar-refractivity contribution in [2.45, 2.75) is 26.4 Å². The number of β-amino-alcohol motifs (C(OH)–C–C–N with tert-alkyl or cyclic N) is 1. The summed E-state index contributed by atoms with van der Waals surface area (Å²) in [5.41, 5.74) is 0. The van der Waals surface area contributed by atoms with Gasteiger partial charge in [0.2, 0.25) is 5.91 Å². The first kappa shape index (κ1) is 12.0. The van der Waals surface area contributed by atoms with E-state index in [9.17, 15) is 14.7 Å². The van der Waals surface area contributed by atoms with E-state index in [0.717, 1.165) is 11.3 Å². The number of carbonyl (C=O) groups is 2. The lowest BCUT2D eigenvalue weighted by Crippen LogP contribution is -2.40. The van der Waals surface area contributed by atoms with Gasteiger partial charge in [-0.3, -0.25) is 9.69 Å².